The molecule has 1 unspecified atom stereocenters. The number of aliphatic hydroxyl groups is 1. The second kappa shape index (κ2) is 4.16. The van der Waals surface area contributed by atoms with Crippen molar-refractivity contribution in [1.29, 1.82) is 0 Å². The highest BCUT2D eigenvalue weighted by atomic mass is 35.5. The number of hydrogen-bond acceptors (Lipinski definition) is 4. The highest BCUT2D eigenvalue weighted by molar-refractivity contribution is 6.28. The molecule has 1 atom stereocenters. The molecule has 0 aliphatic carbocycles. The van der Waals surface area contributed by atoms with E-state index in [-0.39, 0.29) is 11.9 Å². The van der Waals surface area contributed by atoms with E-state index in [1.165, 1.54) is 0 Å². The Labute approximate surface area is 104 Å². The summed E-state index contributed by atoms with van der Waals surface area (Å²) in [5.74, 6) is 1.18. The highest BCUT2D eigenvalue weighted by Gasteiger charge is 2.24. The maximum absolute atomic E-state index is 9.17. The molecule has 0 aromatic carbocycles. The zero-order chi connectivity index (χ0) is 11.8. The van der Waals surface area contributed by atoms with Gasteiger partial charge in [0, 0.05) is 31.8 Å². The van der Waals surface area contributed by atoms with Crippen molar-refractivity contribution >= 4 is 22.9 Å². The quantitative estimate of drug-likeness (QED) is 0.873. The molecule has 1 aliphatic heterocycles. The molecule has 2 aromatic rings. The van der Waals surface area contributed by atoms with Crippen molar-refractivity contribution in [1.82, 2.24) is 14.6 Å². The average Bonchev–Trinajstić information content (AvgIpc) is 2.95. The van der Waals surface area contributed by atoms with Crippen LogP contribution in [0.15, 0.2) is 18.3 Å². The van der Waals surface area contributed by atoms with Crippen LogP contribution in [0.3, 0.4) is 0 Å². The summed E-state index contributed by atoms with van der Waals surface area (Å²) in [6, 6.07) is 3.89. The summed E-state index contributed by atoms with van der Waals surface area (Å²) < 4.78 is 1.73. The number of halogens is 1. The molecule has 5 nitrogen and oxygen atoms in total. The van der Waals surface area contributed by atoms with E-state index in [0.717, 1.165) is 30.8 Å². The molecular weight excluding hydrogens is 240 g/mol. The van der Waals surface area contributed by atoms with Crippen LogP contribution in [0.1, 0.15) is 6.42 Å². The van der Waals surface area contributed by atoms with Crippen molar-refractivity contribution < 1.29 is 5.11 Å². The first-order chi connectivity index (χ1) is 8.28. The Bertz CT molecular complexity index is 541. The molecule has 0 amide bonds. The SMILES string of the molecule is OCC1CCN(c2nc(Cl)nn3cccc23)C1. The molecule has 2 aromatic heterocycles. The molecular formula is C11H13ClN4O. The van der Waals surface area contributed by atoms with Crippen LogP contribution in [-0.2, 0) is 0 Å². The number of fused-ring (bicyclic) bond motifs is 1. The number of rotatable bonds is 2. The number of anilines is 1. The van der Waals surface area contributed by atoms with Crippen LogP contribution < -0.4 is 4.90 Å². The second-order valence-corrected chi connectivity index (χ2v) is 4.66. The minimum absolute atomic E-state index is 0.229. The van der Waals surface area contributed by atoms with Crippen molar-refractivity contribution in [3.63, 3.8) is 0 Å². The van der Waals surface area contributed by atoms with Crippen molar-refractivity contribution in [3.05, 3.63) is 23.6 Å². The van der Waals surface area contributed by atoms with Gasteiger partial charge < -0.3 is 10.0 Å². The lowest BCUT2D eigenvalue weighted by molar-refractivity contribution is 0.238. The van der Waals surface area contributed by atoms with Crippen LogP contribution in [0, 0.1) is 5.92 Å². The zero-order valence-electron chi connectivity index (χ0n) is 9.25. The predicted molar refractivity (Wildman–Crippen MR) is 65.4 cm³/mol. The summed E-state index contributed by atoms with van der Waals surface area (Å²) in [6.07, 6.45) is 2.84. The van der Waals surface area contributed by atoms with E-state index >= 15 is 0 Å². The molecule has 0 radical (unpaired) electrons. The summed E-state index contributed by atoms with van der Waals surface area (Å²) >= 11 is 5.91. The van der Waals surface area contributed by atoms with Crippen LogP contribution in [0.2, 0.25) is 5.28 Å². The summed E-state index contributed by atoms with van der Waals surface area (Å²) in [7, 11) is 0. The number of aliphatic hydroxyl groups excluding tert-OH is 1. The Kier molecular flexibility index (Phi) is 2.64. The molecule has 1 aliphatic rings. The van der Waals surface area contributed by atoms with Gasteiger partial charge >= 0.3 is 0 Å². The molecule has 6 heteroatoms. The number of nitrogens with zero attached hydrogens (tertiary/aromatic N) is 4. The average molecular weight is 253 g/mol. The smallest absolute Gasteiger partial charge is 0.243 e. The lowest BCUT2D eigenvalue weighted by Gasteiger charge is -2.18. The predicted octanol–water partition coefficient (Wildman–Crippen LogP) is 1.20. The van der Waals surface area contributed by atoms with E-state index in [2.05, 4.69) is 15.0 Å². The van der Waals surface area contributed by atoms with Crippen molar-refractivity contribution in [2.75, 3.05) is 24.6 Å². The fourth-order valence-corrected chi connectivity index (χ4v) is 2.46. The molecule has 3 rings (SSSR count). The van der Waals surface area contributed by atoms with Crippen LogP contribution >= 0.6 is 11.6 Å². The van der Waals surface area contributed by atoms with Gasteiger partial charge in [-0.3, -0.25) is 0 Å². The second-order valence-electron chi connectivity index (χ2n) is 4.33. The topological polar surface area (TPSA) is 53.7 Å². The highest BCUT2D eigenvalue weighted by Crippen LogP contribution is 2.26. The first-order valence-corrected chi connectivity index (χ1v) is 6.02. The summed E-state index contributed by atoms with van der Waals surface area (Å²) in [6.45, 7) is 1.96. The van der Waals surface area contributed by atoms with Crippen LogP contribution in [0.25, 0.3) is 5.52 Å². The van der Waals surface area contributed by atoms with Gasteiger partial charge in [-0.05, 0) is 30.2 Å². The van der Waals surface area contributed by atoms with Gasteiger partial charge in [-0.1, -0.05) is 0 Å². The van der Waals surface area contributed by atoms with Gasteiger partial charge in [-0.15, -0.1) is 5.10 Å². The van der Waals surface area contributed by atoms with Gasteiger partial charge in [0.15, 0.2) is 5.82 Å². The van der Waals surface area contributed by atoms with Gasteiger partial charge in [0.1, 0.15) is 5.52 Å². The first-order valence-electron chi connectivity index (χ1n) is 5.64. The third kappa shape index (κ3) is 1.85. The minimum Gasteiger partial charge on any atom is -0.396 e. The lowest BCUT2D eigenvalue weighted by atomic mass is 10.1. The maximum atomic E-state index is 9.17. The molecule has 17 heavy (non-hydrogen) atoms. The molecule has 0 saturated carbocycles. The van der Waals surface area contributed by atoms with Gasteiger partial charge in [0.05, 0.1) is 0 Å². The molecule has 1 N–H and O–H groups in total. The molecule has 90 valence electrons. The van der Waals surface area contributed by atoms with Gasteiger partial charge in [-0.25, -0.2) is 4.52 Å². The molecule has 0 spiro atoms. The van der Waals surface area contributed by atoms with E-state index in [1.807, 2.05) is 18.3 Å². The number of aromatic nitrogens is 3. The fourth-order valence-electron chi connectivity index (χ4n) is 2.30. The molecule has 0 bridgehead atoms. The summed E-state index contributed by atoms with van der Waals surface area (Å²) in [5.41, 5.74) is 0.952. The minimum atomic E-state index is 0.229. The summed E-state index contributed by atoms with van der Waals surface area (Å²) in [5, 5.41) is 13.5. The van der Waals surface area contributed by atoms with Crippen LogP contribution in [0.4, 0.5) is 5.82 Å². The van der Waals surface area contributed by atoms with Crippen LogP contribution in [0.5, 0.6) is 0 Å². The Morgan fingerprint density at radius 2 is 2.41 bits per heavy atom. The van der Waals surface area contributed by atoms with Gasteiger partial charge in [0.25, 0.3) is 0 Å². The Morgan fingerprint density at radius 1 is 1.53 bits per heavy atom. The zero-order valence-corrected chi connectivity index (χ0v) is 10.0. The molecule has 1 fully saturated rings. The third-order valence-corrected chi connectivity index (χ3v) is 3.35. The van der Waals surface area contributed by atoms with Crippen LogP contribution in [-0.4, -0.2) is 39.4 Å². The molecule has 3 heterocycles. The first kappa shape index (κ1) is 10.8. The van der Waals surface area contributed by atoms with E-state index in [9.17, 15) is 0 Å². The van der Waals surface area contributed by atoms with Gasteiger partial charge in [-0.2, -0.15) is 4.98 Å². The number of hydrogen-bond donors (Lipinski definition) is 1. The van der Waals surface area contributed by atoms with Crippen molar-refractivity contribution in [2.24, 2.45) is 5.92 Å². The lowest BCUT2D eigenvalue weighted by Crippen LogP contribution is -2.22. The summed E-state index contributed by atoms with van der Waals surface area (Å²) in [4.78, 5) is 6.46. The maximum Gasteiger partial charge on any atom is 0.243 e. The fraction of sp³-hybridized carbons (Fsp3) is 0.455. The Balaban J connectivity index is 2.02. The van der Waals surface area contributed by atoms with E-state index in [4.69, 9.17) is 16.7 Å². The van der Waals surface area contributed by atoms with Gasteiger partial charge in [0.2, 0.25) is 5.28 Å². The monoisotopic (exact) mass is 252 g/mol. The van der Waals surface area contributed by atoms with E-state index in [0.29, 0.717) is 5.92 Å². The third-order valence-electron chi connectivity index (χ3n) is 3.19. The van der Waals surface area contributed by atoms with E-state index in [1.54, 1.807) is 4.52 Å². The normalized spacial score (nSPS) is 20.4. The Morgan fingerprint density at radius 3 is 3.18 bits per heavy atom. The Hall–Kier alpha value is -1.33. The van der Waals surface area contributed by atoms with Crippen molar-refractivity contribution in [3.8, 4) is 0 Å². The standard InChI is InChI=1S/C11H13ClN4O/c12-11-13-10(9-2-1-4-16(9)14-11)15-5-3-8(6-15)7-17/h1-2,4,8,17H,3,5-7H2. The van der Waals surface area contributed by atoms with Crippen molar-refractivity contribution in [2.45, 2.75) is 6.42 Å². The molecule has 1 saturated heterocycles. The largest absolute Gasteiger partial charge is 0.396 e. The van der Waals surface area contributed by atoms with E-state index < -0.39 is 0 Å².